The summed E-state index contributed by atoms with van der Waals surface area (Å²) in [5.41, 5.74) is 1.04. The molecule has 1 heterocycles. The van der Waals surface area contributed by atoms with Crippen molar-refractivity contribution >= 4 is 11.8 Å². The van der Waals surface area contributed by atoms with E-state index < -0.39 is 0 Å². The maximum Gasteiger partial charge on any atom is 0.224 e. The van der Waals surface area contributed by atoms with E-state index in [1.54, 1.807) is 0 Å². The first kappa shape index (κ1) is 15.1. The van der Waals surface area contributed by atoms with E-state index in [4.69, 9.17) is 0 Å². The van der Waals surface area contributed by atoms with Gasteiger partial charge in [0.2, 0.25) is 5.95 Å². The van der Waals surface area contributed by atoms with Gasteiger partial charge < -0.3 is 10.2 Å². The molecule has 0 unspecified atom stereocenters. The molecule has 1 aliphatic carbocycles. The number of rotatable bonds is 5. The summed E-state index contributed by atoms with van der Waals surface area (Å²) in [7, 11) is 2.18. The van der Waals surface area contributed by atoms with E-state index in [0.717, 1.165) is 30.4 Å². The van der Waals surface area contributed by atoms with Gasteiger partial charge in [0.25, 0.3) is 0 Å². The first-order valence-corrected chi connectivity index (χ1v) is 8.03. The lowest BCUT2D eigenvalue weighted by atomic mass is 10.1. The number of nitrogens with one attached hydrogen (secondary N) is 1. The Bertz CT molecular complexity index is 411. The van der Waals surface area contributed by atoms with Crippen molar-refractivity contribution in [2.45, 2.75) is 64.8 Å². The van der Waals surface area contributed by atoms with Crippen LogP contribution in [0.15, 0.2) is 6.07 Å². The second-order valence-corrected chi connectivity index (χ2v) is 5.87. The van der Waals surface area contributed by atoms with E-state index in [1.165, 1.54) is 38.5 Å². The smallest absolute Gasteiger partial charge is 0.224 e. The van der Waals surface area contributed by atoms with Gasteiger partial charge in [0.15, 0.2) is 0 Å². The van der Waals surface area contributed by atoms with Crippen LogP contribution in [0.3, 0.4) is 0 Å². The number of nitrogens with zero attached hydrogens (tertiary/aromatic N) is 3. The molecule has 4 heteroatoms. The summed E-state index contributed by atoms with van der Waals surface area (Å²) in [6.45, 7) is 5.13. The monoisotopic (exact) mass is 276 g/mol. The Morgan fingerprint density at radius 1 is 1.20 bits per heavy atom. The SMILES string of the molecule is CCCNc1nc(C)cc(N(C)C2CCCCCC2)n1. The highest BCUT2D eigenvalue weighted by Gasteiger charge is 2.18. The molecule has 0 radical (unpaired) electrons. The number of hydrogen-bond acceptors (Lipinski definition) is 4. The number of hydrogen-bond donors (Lipinski definition) is 1. The second-order valence-electron chi connectivity index (χ2n) is 5.87. The quantitative estimate of drug-likeness (QED) is 0.831. The summed E-state index contributed by atoms with van der Waals surface area (Å²) in [6.07, 6.45) is 9.13. The van der Waals surface area contributed by atoms with Crippen molar-refractivity contribution < 1.29 is 0 Å². The molecule has 1 aliphatic rings. The minimum atomic E-state index is 0.630. The van der Waals surface area contributed by atoms with Crippen molar-refractivity contribution in [3.8, 4) is 0 Å². The van der Waals surface area contributed by atoms with E-state index in [9.17, 15) is 0 Å². The van der Waals surface area contributed by atoms with Crippen LogP contribution in [-0.2, 0) is 0 Å². The van der Waals surface area contributed by atoms with Crippen molar-refractivity contribution in [3.05, 3.63) is 11.8 Å². The lowest BCUT2D eigenvalue weighted by Crippen LogP contribution is -2.32. The average molecular weight is 276 g/mol. The van der Waals surface area contributed by atoms with Gasteiger partial charge in [0, 0.05) is 31.4 Å². The van der Waals surface area contributed by atoms with E-state index >= 15 is 0 Å². The number of anilines is 2. The summed E-state index contributed by atoms with van der Waals surface area (Å²) in [5.74, 6) is 1.82. The third-order valence-electron chi connectivity index (χ3n) is 4.11. The maximum absolute atomic E-state index is 4.68. The van der Waals surface area contributed by atoms with Gasteiger partial charge in [-0.2, -0.15) is 4.98 Å². The van der Waals surface area contributed by atoms with Gasteiger partial charge >= 0.3 is 0 Å². The molecule has 0 spiro atoms. The molecule has 20 heavy (non-hydrogen) atoms. The van der Waals surface area contributed by atoms with Crippen LogP contribution in [0.25, 0.3) is 0 Å². The third-order valence-corrected chi connectivity index (χ3v) is 4.11. The fourth-order valence-corrected chi connectivity index (χ4v) is 2.88. The van der Waals surface area contributed by atoms with Gasteiger partial charge in [0.05, 0.1) is 0 Å². The van der Waals surface area contributed by atoms with Gasteiger partial charge in [-0.25, -0.2) is 4.98 Å². The fraction of sp³-hybridized carbons (Fsp3) is 0.750. The van der Waals surface area contributed by atoms with Crippen LogP contribution in [0.2, 0.25) is 0 Å². The predicted octanol–water partition coefficient (Wildman–Crippen LogP) is 3.77. The van der Waals surface area contributed by atoms with Gasteiger partial charge in [-0.05, 0) is 26.2 Å². The molecule has 0 aromatic carbocycles. The molecule has 1 aromatic heterocycles. The number of aryl methyl sites for hydroxylation is 1. The summed E-state index contributed by atoms with van der Waals surface area (Å²) in [5, 5.41) is 3.30. The van der Waals surface area contributed by atoms with E-state index in [-0.39, 0.29) is 0 Å². The minimum Gasteiger partial charge on any atom is -0.357 e. The van der Waals surface area contributed by atoms with E-state index in [1.807, 2.05) is 6.92 Å². The maximum atomic E-state index is 4.68. The van der Waals surface area contributed by atoms with Crippen LogP contribution >= 0.6 is 0 Å². The largest absolute Gasteiger partial charge is 0.357 e. The van der Waals surface area contributed by atoms with Crippen molar-refractivity contribution in [2.75, 3.05) is 23.8 Å². The van der Waals surface area contributed by atoms with Crippen molar-refractivity contribution in [2.24, 2.45) is 0 Å². The van der Waals surface area contributed by atoms with Gasteiger partial charge in [-0.15, -0.1) is 0 Å². The molecule has 0 atom stereocenters. The summed E-state index contributed by atoms with van der Waals surface area (Å²) < 4.78 is 0. The van der Waals surface area contributed by atoms with Gasteiger partial charge in [0.1, 0.15) is 5.82 Å². The molecule has 0 saturated heterocycles. The Morgan fingerprint density at radius 3 is 2.55 bits per heavy atom. The van der Waals surface area contributed by atoms with E-state index in [2.05, 4.69) is 40.2 Å². The predicted molar refractivity (Wildman–Crippen MR) is 85.4 cm³/mol. The lowest BCUT2D eigenvalue weighted by Gasteiger charge is -2.28. The molecular formula is C16H28N4. The zero-order valence-electron chi connectivity index (χ0n) is 13.2. The fourth-order valence-electron chi connectivity index (χ4n) is 2.88. The zero-order chi connectivity index (χ0) is 14.4. The van der Waals surface area contributed by atoms with Crippen LogP contribution in [0.1, 0.15) is 57.6 Å². The molecule has 1 aromatic rings. The Balaban J connectivity index is 2.11. The molecule has 1 saturated carbocycles. The topological polar surface area (TPSA) is 41.1 Å². The summed E-state index contributed by atoms with van der Waals surface area (Å²) in [4.78, 5) is 11.5. The minimum absolute atomic E-state index is 0.630. The van der Waals surface area contributed by atoms with Crippen LogP contribution in [0, 0.1) is 6.92 Å². The molecular weight excluding hydrogens is 248 g/mol. The summed E-state index contributed by atoms with van der Waals surface area (Å²) >= 11 is 0. The Morgan fingerprint density at radius 2 is 1.90 bits per heavy atom. The normalized spacial score (nSPS) is 16.8. The van der Waals surface area contributed by atoms with Crippen molar-refractivity contribution in [3.63, 3.8) is 0 Å². The first-order valence-electron chi connectivity index (χ1n) is 8.03. The second kappa shape index (κ2) is 7.46. The van der Waals surface area contributed by atoms with Crippen LogP contribution in [-0.4, -0.2) is 29.6 Å². The molecule has 0 bridgehead atoms. The van der Waals surface area contributed by atoms with Crippen LogP contribution < -0.4 is 10.2 Å². The van der Waals surface area contributed by atoms with Crippen LogP contribution in [0.5, 0.6) is 0 Å². The first-order chi connectivity index (χ1) is 9.70. The van der Waals surface area contributed by atoms with E-state index in [0.29, 0.717) is 6.04 Å². The van der Waals surface area contributed by atoms with Crippen molar-refractivity contribution in [1.29, 1.82) is 0 Å². The number of aromatic nitrogens is 2. The Hall–Kier alpha value is -1.32. The van der Waals surface area contributed by atoms with Gasteiger partial charge in [-0.1, -0.05) is 32.6 Å². The molecule has 4 nitrogen and oxygen atoms in total. The third kappa shape index (κ3) is 4.09. The molecule has 0 amide bonds. The molecule has 112 valence electrons. The zero-order valence-corrected chi connectivity index (χ0v) is 13.2. The summed E-state index contributed by atoms with van der Waals surface area (Å²) in [6, 6.07) is 2.73. The average Bonchev–Trinajstić information content (AvgIpc) is 2.72. The van der Waals surface area contributed by atoms with Crippen LogP contribution in [0.4, 0.5) is 11.8 Å². The molecule has 2 rings (SSSR count). The molecule has 1 N–H and O–H groups in total. The Kier molecular flexibility index (Phi) is 5.62. The molecule has 0 aliphatic heterocycles. The highest BCUT2D eigenvalue weighted by atomic mass is 15.2. The van der Waals surface area contributed by atoms with Crippen molar-refractivity contribution in [1.82, 2.24) is 9.97 Å². The Labute approximate surface area is 123 Å². The van der Waals surface area contributed by atoms with Gasteiger partial charge in [-0.3, -0.25) is 0 Å². The molecule has 1 fully saturated rings. The highest BCUT2D eigenvalue weighted by Crippen LogP contribution is 2.25. The lowest BCUT2D eigenvalue weighted by molar-refractivity contribution is 0.549. The standard InChI is InChI=1S/C16H28N4/c1-4-11-17-16-18-13(2)12-15(19-16)20(3)14-9-7-5-6-8-10-14/h12,14H,4-11H2,1-3H3,(H,17,18,19). The highest BCUT2D eigenvalue weighted by molar-refractivity contribution is 5.45.